The van der Waals surface area contributed by atoms with Crippen LogP contribution in [0.5, 0.6) is 5.75 Å². The van der Waals surface area contributed by atoms with Crippen molar-refractivity contribution in [1.29, 1.82) is 0 Å². The maximum Gasteiger partial charge on any atom is 0.260 e. The summed E-state index contributed by atoms with van der Waals surface area (Å²) >= 11 is 5.93. The van der Waals surface area contributed by atoms with Gasteiger partial charge in [0.15, 0.2) is 12.4 Å². The number of aromatic nitrogens is 2. The highest BCUT2D eigenvalue weighted by Gasteiger charge is 2.23. The Kier molecular flexibility index (Phi) is 5.43. The lowest BCUT2D eigenvalue weighted by Gasteiger charge is -2.34. The average molecular weight is 399 g/mol. The first-order chi connectivity index (χ1) is 13.7. The summed E-state index contributed by atoms with van der Waals surface area (Å²) in [5.74, 6) is 1.87. The Hall–Kier alpha value is -3.06. The van der Waals surface area contributed by atoms with Gasteiger partial charge in [-0.2, -0.15) is 0 Å². The Bertz CT molecular complexity index is 940. The second kappa shape index (κ2) is 8.31. The first-order valence-electron chi connectivity index (χ1n) is 8.97. The van der Waals surface area contributed by atoms with Crippen molar-refractivity contribution in [2.45, 2.75) is 0 Å². The third-order valence-corrected chi connectivity index (χ3v) is 4.73. The number of benzene rings is 1. The van der Waals surface area contributed by atoms with Gasteiger partial charge in [-0.3, -0.25) is 4.79 Å². The number of anilines is 1. The minimum Gasteiger partial charge on any atom is -0.484 e. The fourth-order valence-electron chi connectivity index (χ4n) is 3.01. The van der Waals surface area contributed by atoms with Crippen LogP contribution in [0.2, 0.25) is 5.02 Å². The number of carbonyl (C=O) groups excluding carboxylic acids is 1. The molecule has 0 aliphatic carbocycles. The number of hydrogen-bond acceptors (Lipinski definition) is 6. The molecule has 0 spiro atoms. The minimum absolute atomic E-state index is 0.00911. The number of piperazine rings is 1. The SMILES string of the molecule is O=C(COc1cccc(Cl)c1)N1CCN(c2nccc(-c3ccco3)n2)CC1. The van der Waals surface area contributed by atoms with Crippen LogP contribution < -0.4 is 9.64 Å². The molecule has 1 saturated heterocycles. The number of halogens is 1. The Balaban J connectivity index is 1.32. The maximum absolute atomic E-state index is 12.4. The van der Waals surface area contributed by atoms with Gasteiger partial charge >= 0.3 is 0 Å². The zero-order chi connectivity index (χ0) is 19.3. The number of rotatable bonds is 5. The molecule has 7 nitrogen and oxygen atoms in total. The molecular weight excluding hydrogens is 380 g/mol. The van der Waals surface area contributed by atoms with Crippen molar-refractivity contribution in [3.05, 3.63) is 59.9 Å². The van der Waals surface area contributed by atoms with Gasteiger partial charge in [0, 0.05) is 37.4 Å². The van der Waals surface area contributed by atoms with E-state index in [1.165, 1.54) is 0 Å². The number of furan rings is 1. The van der Waals surface area contributed by atoms with Gasteiger partial charge in [0.05, 0.1) is 6.26 Å². The van der Waals surface area contributed by atoms with Gasteiger partial charge in [-0.05, 0) is 36.4 Å². The van der Waals surface area contributed by atoms with Crippen molar-refractivity contribution < 1.29 is 13.9 Å². The van der Waals surface area contributed by atoms with E-state index in [0.29, 0.717) is 48.7 Å². The van der Waals surface area contributed by atoms with Gasteiger partial charge in [0.2, 0.25) is 5.95 Å². The van der Waals surface area contributed by atoms with Crippen LogP contribution in [0.15, 0.2) is 59.3 Å². The molecule has 2 aromatic heterocycles. The normalized spacial score (nSPS) is 14.2. The van der Waals surface area contributed by atoms with Crippen molar-refractivity contribution in [2.75, 3.05) is 37.7 Å². The average Bonchev–Trinajstić information content (AvgIpc) is 3.27. The molecule has 0 atom stereocenters. The van der Waals surface area contributed by atoms with Crippen molar-refractivity contribution in [1.82, 2.24) is 14.9 Å². The molecule has 1 amide bonds. The molecular formula is C20H19ClN4O3. The van der Waals surface area contributed by atoms with Crippen molar-refractivity contribution in [3.63, 3.8) is 0 Å². The minimum atomic E-state index is -0.0510. The van der Waals surface area contributed by atoms with Crippen LogP contribution in [0.1, 0.15) is 0 Å². The molecule has 144 valence electrons. The fourth-order valence-corrected chi connectivity index (χ4v) is 3.19. The molecule has 0 N–H and O–H groups in total. The molecule has 0 saturated carbocycles. The van der Waals surface area contributed by atoms with Crippen LogP contribution in [0.4, 0.5) is 5.95 Å². The molecule has 3 heterocycles. The number of carbonyl (C=O) groups is 1. The van der Waals surface area contributed by atoms with Gasteiger partial charge < -0.3 is 19.0 Å². The maximum atomic E-state index is 12.4. The van der Waals surface area contributed by atoms with E-state index in [2.05, 4.69) is 14.9 Å². The van der Waals surface area contributed by atoms with E-state index in [1.807, 2.05) is 18.2 Å². The molecule has 1 aliphatic heterocycles. The van der Waals surface area contributed by atoms with Gasteiger partial charge in [0.1, 0.15) is 11.4 Å². The lowest BCUT2D eigenvalue weighted by Crippen LogP contribution is -2.50. The molecule has 28 heavy (non-hydrogen) atoms. The Morgan fingerprint density at radius 3 is 2.75 bits per heavy atom. The summed E-state index contributed by atoms with van der Waals surface area (Å²) in [5, 5.41) is 0.579. The van der Waals surface area contributed by atoms with E-state index in [9.17, 15) is 4.79 Å². The predicted octanol–water partition coefficient (Wildman–Crippen LogP) is 3.12. The highest BCUT2D eigenvalue weighted by Crippen LogP contribution is 2.20. The van der Waals surface area contributed by atoms with Crippen molar-refractivity contribution in [2.24, 2.45) is 0 Å². The molecule has 1 fully saturated rings. The summed E-state index contributed by atoms with van der Waals surface area (Å²) in [4.78, 5) is 25.2. The number of amides is 1. The molecule has 0 radical (unpaired) electrons. The second-order valence-electron chi connectivity index (χ2n) is 6.33. The monoisotopic (exact) mass is 398 g/mol. The summed E-state index contributed by atoms with van der Waals surface area (Å²) in [6.07, 6.45) is 3.34. The summed E-state index contributed by atoms with van der Waals surface area (Å²) in [5.41, 5.74) is 0.739. The number of ether oxygens (including phenoxy) is 1. The quantitative estimate of drug-likeness (QED) is 0.657. The molecule has 1 aromatic carbocycles. The van der Waals surface area contributed by atoms with E-state index in [0.717, 1.165) is 5.69 Å². The van der Waals surface area contributed by atoms with Crippen LogP contribution in [0, 0.1) is 0 Å². The van der Waals surface area contributed by atoms with Gasteiger partial charge in [0.25, 0.3) is 5.91 Å². The lowest BCUT2D eigenvalue weighted by molar-refractivity contribution is -0.133. The molecule has 1 aliphatic rings. The van der Waals surface area contributed by atoms with E-state index >= 15 is 0 Å². The van der Waals surface area contributed by atoms with Crippen molar-refractivity contribution >= 4 is 23.5 Å². The molecule has 0 unspecified atom stereocenters. The summed E-state index contributed by atoms with van der Waals surface area (Å²) in [7, 11) is 0. The van der Waals surface area contributed by atoms with Gasteiger partial charge in [-0.15, -0.1) is 0 Å². The van der Waals surface area contributed by atoms with Crippen LogP contribution in [-0.4, -0.2) is 53.6 Å². The van der Waals surface area contributed by atoms with Crippen molar-refractivity contribution in [3.8, 4) is 17.2 Å². The van der Waals surface area contributed by atoms with Crippen LogP contribution in [-0.2, 0) is 4.79 Å². The second-order valence-corrected chi connectivity index (χ2v) is 6.77. The number of hydrogen-bond donors (Lipinski definition) is 0. The third-order valence-electron chi connectivity index (χ3n) is 4.49. The van der Waals surface area contributed by atoms with Gasteiger partial charge in [-0.1, -0.05) is 17.7 Å². The standard InChI is InChI=1S/C20H19ClN4O3/c21-15-3-1-4-16(13-15)28-14-19(26)24-8-10-25(11-9-24)20-22-7-6-17(23-20)18-5-2-12-27-18/h1-7,12-13H,8-11,14H2. The highest BCUT2D eigenvalue weighted by atomic mass is 35.5. The predicted molar refractivity (Wildman–Crippen MR) is 105 cm³/mol. The topological polar surface area (TPSA) is 71.7 Å². The summed E-state index contributed by atoms with van der Waals surface area (Å²) in [6, 6.07) is 12.5. The summed E-state index contributed by atoms with van der Waals surface area (Å²) < 4.78 is 10.9. The largest absolute Gasteiger partial charge is 0.484 e. The van der Waals surface area contributed by atoms with E-state index in [4.69, 9.17) is 20.8 Å². The van der Waals surface area contributed by atoms with E-state index in [-0.39, 0.29) is 12.5 Å². The molecule has 4 rings (SSSR count). The Morgan fingerprint density at radius 2 is 2.00 bits per heavy atom. The van der Waals surface area contributed by atoms with Gasteiger partial charge in [-0.25, -0.2) is 9.97 Å². The van der Waals surface area contributed by atoms with Crippen LogP contribution in [0.25, 0.3) is 11.5 Å². The first-order valence-corrected chi connectivity index (χ1v) is 9.35. The zero-order valence-corrected chi connectivity index (χ0v) is 15.9. The van der Waals surface area contributed by atoms with Crippen LogP contribution in [0.3, 0.4) is 0 Å². The lowest BCUT2D eigenvalue weighted by atomic mass is 10.3. The molecule has 3 aromatic rings. The Labute approximate surface area is 167 Å². The molecule has 8 heteroatoms. The smallest absolute Gasteiger partial charge is 0.260 e. The molecule has 0 bridgehead atoms. The highest BCUT2D eigenvalue weighted by molar-refractivity contribution is 6.30. The van der Waals surface area contributed by atoms with E-state index < -0.39 is 0 Å². The zero-order valence-electron chi connectivity index (χ0n) is 15.1. The van der Waals surface area contributed by atoms with Crippen LogP contribution >= 0.6 is 11.6 Å². The fraction of sp³-hybridized carbons (Fsp3) is 0.250. The first kappa shape index (κ1) is 18.3. The number of nitrogens with zero attached hydrogens (tertiary/aromatic N) is 4. The summed E-state index contributed by atoms with van der Waals surface area (Å²) in [6.45, 7) is 2.48. The van der Waals surface area contributed by atoms with E-state index in [1.54, 1.807) is 41.6 Å². The Morgan fingerprint density at radius 1 is 1.14 bits per heavy atom. The third kappa shape index (κ3) is 4.26.